The summed E-state index contributed by atoms with van der Waals surface area (Å²) in [4.78, 5) is 7.25. The van der Waals surface area contributed by atoms with Gasteiger partial charge in [-0.05, 0) is 30.3 Å². The van der Waals surface area contributed by atoms with Crippen LogP contribution in [0.2, 0.25) is 0 Å². The fourth-order valence-electron chi connectivity index (χ4n) is 2.04. The number of aromatic nitrogens is 2. The maximum Gasteiger partial charge on any atom is 0.416 e. The van der Waals surface area contributed by atoms with Crippen LogP contribution in [0.15, 0.2) is 42.5 Å². The Bertz CT molecular complexity index is 742. The molecule has 0 spiro atoms. The van der Waals surface area contributed by atoms with Crippen molar-refractivity contribution < 1.29 is 13.2 Å². The number of nitrogen functional groups attached to an aromatic ring is 1. The lowest BCUT2D eigenvalue weighted by molar-refractivity contribution is -0.137. The molecule has 0 unspecified atom stereocenters. The van der Waals surface area contributed by atoms with Gasteiger partial charge in [0.1, 0.15) is 5.82 Å². The highest BCUT2D eigenvalue weighted by atomic mass is 19.4. The molecule has 0 saturated carbocycles. The zero-order valence-electron chi connectivity index (χ0n) is 10.2. The number of hydrogen-bond donors (Lipinski definition) is 2. The maximum atomic E-state index is 12.8. The third-order valence-electron chi connectivity index (χ3n) is 2.95. The fourth-order valence-corrected chi connectivity index (χ4v) is 2.04. The van der Waals surface area contributed by atoms with Gasteiger partial charge in [0.05, 0.1) is 16.6 Å². The number of aromatic amines is 1. The molecule has 0 bridgehead atoms. The first kappa shape index (κ1) is 12.5. The Morgan fingerprint density at radius 2 is 1.80 bits per heavy atom. The first-order valence-corrected chi connectivity index (χ1v) is 5.86. The molecule has 3 nitrogen and oxygen atoms in total. The number of fused-ring (bicyclic) bond motifs is 1. The van der Waals surface area contributed by atoms with E-state index in [2.05, 4.69) is 9.97 Å². The van der Waals surface area contributed by atoms with Gasteiger partial charge in [-0.1, -0.05) is 12.1 Å². The number of rotatable bonds is 1. The summed E-state index contributed by atoms with van der Waals surface area (Å²) in [5.74, 6) is 0.365. The molecule has 2 aromatic carbocycles. The van der Waals surface area contributed by atoms with E-state index in [-0.39, 0.29) is 5.69 Å². The Kier molecular flexibility index (Phi) is 2.67. The molecule has 1 heterocycles. The molecule has 0 saturated heterocycles. The van der Waals surface area contributed by atoms with E-state index in [0.29, 0.717) is 16.9 Å². The van der Waals surface area contributed by atoms with Gasteiger partial charge < -0.3 is 10.7 Å². The van der Waals surface area contributed by atoms with E-state index in [1.54, 1.807) is 6.07 Å². The lowest BCUT2D eigenvalue weighted by Crippen LogP contribution is -2.06. The number of anilines is 1. The Morgan fingerprint density at radius 1 is 1.05 bits per heavy atom. The van der Waals surface area contributed by atoms with Crippen molar-refractivity contribution in [2.24, 2.45) is 0 Å². The van der Waals surface area contributed by atoms with Crippen molar-refractivity contribution >= 4 is 16.7 Å². The van der Waals surface area contributed by atoms with Crippen LogP contribution in [0.25, 0.3) is 22.4 Å². The molecule has 0 aliphatic carbocycles. The Hall–Kier alpha value is -2.50. The predicted molar refractivity (Wildman–Crippen MR) is 70.9 cm³/mol. The van der Waals surface area contributed by atoms with Gasteiger partial charge in [0.25, 0.3) is 0 Å². The zero-order valence-corrected chi connectivity index (χ0v) is 10.2. The standard InChI is InChI=1S/C14H10F3N3/c15-14(16,17)9-5-8(6-10(18)7-9)13-19-11-3-1-2-4-12(11)20-13/h1-7H,18H2,(H,19,20). The van der Waals surface area contributed by atoms with Crippen molar-refractivity contribution in [1.82, 2.24) is 9.97 Å². The van der Waals surface area contributed by atoms with Crippen molar-refractivity contribution in [1.29, 1.82) is 0 Å². The van der Waals surface area contributed by atoms with Gasteiger partial charge >= 0.3 is 6.18 Å². The molecule has 0 fully saturated rings. The molecule has 3 aromatic rings. The van der Waals surface area contributed by atoms with Crippen LogP contribution in [-0.2, 0) is 6.18 Å². The second-order valence-corrected chi connectivity index (χ2v) is 4.44. The monoisotopic (exact) mass is 277 g/mol. The van der Waals surface area contributed by atoms with Gasteiger partial charge in [-0.25, -0.2) is 4.98 Å². The van der Waals surface area contributed by atoms with Crippen molar-refractivity contribution in [2.75, 3.05) is 5.73 Å². The number of nitrogens with zero attached hydrogens (tertiary/aromatic N) is 1. The largest absolute Gasteiger partial charge is 0.416 e. The van der Waals surface area contributed by atoms with Gasteiger partial charge in [0.15, 0.2) is 0 Å². The average molecular weight is 277 g/mol. The molecule has 0 aliphatic rings. The zero-order chi connectivity index (χ0) is 14.3. The molecule has 0 atom stereocenters. The minimum absolute atomic E-state index is 0.0512. The second-order valence-electron chi connectivity index (χ2n) is 4.44. The number of alkyl halides is 3. The van der Waals surface area contributed by atoms with Crippen LogP contribution in [0.4, 0.5) is 18.9 Å². The molecular weight excluding hydrogens is 267 g/mol. The Labute approximate surface area is 112 Å². The quantitative estimate of drug-likeness (QED) is 0.664. The topological polar surface area (TPSA) is 54.7 Å². The number of imidazole rings is 1. The molecule has 1 aromatic heterocycles. The summed E-state index contributed by atoms with van der Waals surface area (Å²) < 4.78 is 38.3. The summed E-state index contributed by atoms with van der Waals surface area (Å²) in [7, 11) is 0. The van der Waals surface area contributed by atoms with E-state index in [0.717, 1.165) is 17.6 Å². The number of halogens is 3. The number of nitrogens with two attached hydrogens (primary N) is 1. The van der Waals surface area contributed by atoms with Gasteiger partial charge in [-0.15, -0.1) is 0 Å². The summed E-state index contributed by atoms with van der Waals surface area (Å²) in [5.41, 5.74) is 6.58. The lowest BCUT2D eigenvalue weighted by Gasteiger charge is -2.09. The van der Waals surface area contributed by atoms with Gasteiger partial charge in [0.2, 0.25) is 0 Å². The van der Waals surface area contributed by atoms with Crippen LogP contribution in [0.3, 0.4) is 0 Å². The number of hydrogen-bond acceptors (Lipinski definition) is 2. The molecule has 3 rings (SSSR count). The van der Waals surface area contributed by atoms with E-state index < -0.39 is 11.7 Å². The van der Waals surface area contributed by atoms with E-state index in [1.165, 1.54) is 6.07 Å². The van der Waals surface area contributed by atoms with Gasteiger partial charge in [-0.3, -0.25) is 0 Å². The van der Waals surface area contributed by atoms with Crippen LogP contribution in [-0.4, -0.2) is 9.97 Å². The van der Waals surface area contributed by atoms with Crippen molar-refractivity contribution in [3.05, 3.63) is 48.0 Å². The molecule has 0 aliphatic heterocycles. The van der Waals surface area contributed by atoms with E-state index in [9.17, 15) is 13.2 Å². The SMILES string of the molecule is Nc1cc(-c2nc3ccccc3[nH]2)cc(C(F)(F)F)c1. The highest BCUT2D eigenvalue weighted by Crippen LogP contribution is 2.33. The molecular formula is C14H10F3N3. The minimum atomic E-state index is -4.43. The Balaban J connectivity index is 2.16. The average Bonchev–Trinajstić information content (AvgIpc) is 2.80. The summed E-state index contributed by atoms with van der Waals surface area (Å²) in [5, 5.41) is 0. The summed E-state index contributed by atoms with van der Waals surface area (Å²) in [6.45, 7) is 0. The molecule has 3 N–H and O–H groups in total. The minimum Gasteiger partial charge on any atom is -0.399 e. The van der Waals surface area contributed by atoms with Gasteiger partial charge in [-0.2, -0.15) is 13.2 Å². The first-order chi connectivity index (χ1) is 9.43. The fraction of sp³-hybridized carbons (Fsp3) is 0.0714. The third kappa shape index (κ3) is 2.20. The van der Waals surface area contributed by atoms with E-state index >= 15 is 0 Å². The second kappa shape index (κ2) is 4.26. The van der Waals surface area contributed by atoms with Crippen LogP contribution in [0, 0.1) is 0 Å². The Morgan fingerprint density at radius 3 is 2.50 bits per heavy atom. The number of para-hydroxylation sites is 2. The van der Waals surface area contributed by atoms with E-state index in [1.807, 2.05) is 18.2 Å². The van der Waals surface area contributed by atoms with Crippen molar-refractivity contribution in [2.45, 2.75) is 6.18 Å². The first-order valence-electron chi connectivity index (χ1n) is 5.86. The molecule has 6 heteroatoms. The van der Waals surface area contributed by atoms with Crippen LogP contribution < -0.4 is 5.73 Å². The number of H-pyrrole nitrogens is 1. The third-order valence-corrected chi connectivity index (χ3v) is 2.95. The highest BCUT2D eigenvalue weighted by molar-refractivity contribution is 5.79. The number of nitrogens with one attached hydrogen (secondary N) is 1. The van der Waals surface area contributed by atoms with Crippen LogP contribution in [0.5, 0.6) is 0 Å². The van der Waals surface area contributed by atoms with Crippen molar-refractivity contribution in [3.63, 3.8) is 0 Å². The predicted octanol–water partition coefficient (Wildman–Crippen LogP) is 3.83. The summed E-state index contributed by atoms with van der Waals surface area (Å²) >= 11 is 0. The molecule has 102 valence electrons. The van der Waals surface area contributed by atoms with Crippen molar-refractivity contribution in [3.8, 4) is 11.4 Å². The highest BCUT2D eigenvalue weighted by Gasteiger charge is 2.31. The number of benzene rings is 2. The van der Waals surface area contributed by atoms with E-state index in [4.69, 9.17) is 5.73 Å². The molecule has 20 heavy (non-hydrogen) atoms. The maximum absolute atomic E-state index is 12.8. The van der Waals surface area contributed by atoms with Crippen LogP contribution in [0.1, 0.15) is 5.56 Å². The van der Waals surface area contributed by atoms with Crippen LogP contribution >= 0.6 is 0 Å². The summed E-state index contributed by atoms with van der Waals surface area (Å²) in [6, 6.07) is 10.6. The molecule has 0 radical (unpaired) electrons. The normalized spacial score (nSPS) is 11.9. The summed E-state index contributed by atoms with van der Waals surface area (Å²) in [6.07, 6.45) is -4.43. The smallest absolute Gasteiger partial charge is 0.399 e. The molecule has 0 amide bonds. The lowest BCUT2D eigenvalue weighted by atomic mass is 10.1. The van der Waals surface area contributed by atoms with Gasteiger partial charge in [0, 0.05) is 11.3 Å².